The largest absolute Gasteiger partial charge is 0.299 e. The Bertz CT molecular complexity index is 379. The van der Waals surface area contributed by atoms with Gasteiger partial charge in [-0.3, -0.25) is 9.59 Å². The van der Waals surface area contributed by atoms with Crippen LogP contribution in [0.25, 0.3) is 0 Å². The molecule has 0 spiro atoms. The summed E-state index contributed by atoms with van der Waals surface area (Å²) in [5.74, 6) is 1.21. The van der Waals surface area contributed by atoms with Crippen LogP contribution in [0, 0.1) is 23.7 Å². The molecule has 1 saturated carbocycles. The van der Waals surface area contributed by atoms with Gasteiger partial charge in [0.25, 0.3) is 0 Å². The van der Waals surface area contributed by atoms with Crippen molar-refractivity contribution in [2.24, 2.45) is 23.7 Å². The molecule has 0 aliphatic heterocycles. The number of carbonyl (C=O) groups excluding carboxylic acids is 2. The molecule has 0 radical (unpaired) electrons. The maximum atomic E-state index is 12.2. The van der Waals surface area contributed by atoms with Gasteiger partial charge in [-0.2, -0.15) is 0 Å². The van der Waals surface area contributed by atoms with Crippen LogP contribution in [0.1, 0.15) is 38.5 Å². The van der Waals surface area contributed by atoms with Crippen LogP contribution in [-0.4, -0.2) is 11.6 Å². The van der Waals surface area contributed by atoms with Crippen LogP contribution in [0.5, 0.6) is 0 Å². The normalized spacial score (nSPS) is 43.3. The Labute approximate surface area is 108 Å². The molecule has 1 fully saturated rings. The summed E-state index contributed by atoms with van der Waals surface area (Å²) in [5.41, 5.74) is 0. The minimum absolute atomic E-state index is 0.0122. The summed E-state index contributed by atoms with van der Waals surface area (Å²) in [7, 11) is 0. The smallest absolute Gasteiger partial charge is 0.137 e. The summed E-state index contributed by atoms with van der Waals surface area (Å²) < 4.78 is 0. The van der Waals surface area contributed by atoms with Gasteiger partial charge in [-0.15, -0.1) is 0 Å². The van der Waals surface area contributed by atoms with E-state index in [0.717, 1.165) is 25.7 Å². The van der Waals surface area contributed by atoms with Crippen molar-refractivity contribution in [3.63, 3.8) is 0 Å². The topological polar surface area (TPSA) is 34.1 Å². The fourth-order valence-corrected chi connectivity index (χ4v) is 3.77. The van der Waals surface area contributed by atoms with E-state index in [4.69, 9.17) is 0 Å². The summed E-state index contributed by atoms with van der Waals surface area (Å²) in [6.45, 7) is 0. The highest BCUT2D eigenvalue weighted by atomic mass is 16.1. The van der Waals surface area contributed by atoms with Gasteiger partial charge in [0.15, 0.2) is 0 Å². The Kier molecular flexibility index (Phi) is 3.19. The molecule has 2 heteroatoms. The zero-order valence-corrected chi connectivity index (χ0v) is 10.7. The zero-order valence-electron chi connectivity index (χ0n) is 10.7. The fraction of sp³-hybridized carbons (Fsp3) is 0.625. The fourth-order valence-electron chi connectivity index (χ4n) is 3.77. The number of Topliss-reactive ketones (excluding diaryl/α,β-unsaturated/α-hetero) is 2. The number of rotatable bonds is 0. The summed E-state index contributed by atoms with van der Waals surface area (Å²) in [6, 6.07) is 0. The Morgan fingerprint density at radius 2 is 1.22 bits per heavy atom. The molecule has 96 valence electrons. The third-order valence-corrected chi connectivity index (χ3v) is 4.71. The van der Waals surface area contributed by atoms with E-state index in [9.17, 15) is 9.59 Å². The van der Waals surface area contributed by atoms with Gasteiger partial charge in [0.05, 0.1) is 0 Å². The molecule has 0 unspecified atom stereocenters. The van der Waals surface area contributed by atoms with Crippen molar-refractivity contribution < 1.29 is 9.59 Å². The van der Waals surface area contributed by atoms with Crippen molar-refractivity contribution in [3.8, 4) is 0 Å². The molecule has 3 aliphatic rings. The van der Waals surface area contributed by atoms with Crippen LogP contribution in [0.15, 0.2) is 24.3 Å². The first-order valence-electron chi connectivity index (χ1n) is 7.18. The van der Waals surface area contributed by atoms with Crippen LogP contribution in [-0.2, 0) is 9.59 Å². The molecule has 2 nitrogen and oxygen atoms in total. The van der Waals surface area contributed by atoms with Crippen molar-refractivity contribution in [2.45, 2.75) is 38.5 Å². The molecule has 0 N–H and O–H groups in total. The number of ketones is 2. The standard InChI is InChI=1S/C16H20O2/c17-13-9-5-1-3-7-11-12-8-4-2-6-10-14(18)16(12)15(11)13/h3-4,7-8,11-12,15-16H,1-2,5-6,9-10H2/b7-3-,8-4-/t11-,12-,15+,16+/m1/s1. The molecule has 3 aliphatic carbocycles. The number of hydrogen-bond acceptors (Lipinski definition) is 2. The first-order valence-corrected chi connectivity index (χ1v) is 7.18. The number of fused-ring (bicyclic) bond motifs is 4. The number of carbonyl (C=O) groups is 2. The Morgan fingerprint density at radius 3 is 1.67 bits per heavy atom. The molecule has 3 rings (SSSR count). The van der Waals surface area contributed by atoms with E-state index in [1.165, 1.54) is 0 Å². The van der Waals surface area contributed by atoms with Gasteiger partial charge in [0, 0.05) is 24.7 Å². The molecule has 0 amide bonds. The average Bonchev–Trinajstić information content (AvgIpc) is 2.31. The molecular formula is C16H20O2. The molecule has 18 heavy (non-hydrogen) atoms. The van der Waals surface area contributed by atoms with Crippen molar-refractivity contribution in [2.75, 3.05) is 0 Å². The monoisotopic (exact) mass is 244 g/mol. The predicted molar refractivity (Wildman–Crippen MR) is 70.0 cm³/mol. The third-order valence-electron chi connectivity index (χ3n) is 4.71. The van der Waals surface area contributed by atoms with Gasteiger partial charge in [0.2, 0.25) is 0 Å². The summed E-state index contributed by atoms with van der Waals surface area (Å²) >= 11 is 0. The van der Waals surface area contributed by atoms with Crippen molar-refractivity contribution in [1.29, 1.82) is 0 Å². The molecule has 0 aromatic rings. The molecule has 0 aromatic carbocycles. The molecular weight excluding hydrogens is 224 g/mol. The van der Waals surface area contributed by atoms with Crippen LogP contribution >= 0.6 is 0 Å². The summed E-state index contributed by atoms with van der Waals surface area (Å²) in [6.07, 6.45) is 14.0. The van der Waals surface area contributed by atoms with Crippen LogP contribution < -0.4 is 0 Å². The molecule has 0 saturated heterocycles. The van der Waals surface area contributed by atoms with Gasteiger partial charge in [-0.1, -0.05) is 24.3 Å². The molecule has 0 aromatic heterocycles. The second kappa shape index (κ2) is 4.83. The lowest BCUT2D eigenvalue weighted by Gasteiger charge is -2.49. The number of allylic oxidation sites excluding steroid dienone is 4. The SMILES string of the molecule is O=C1CCC/C=C\[C@@H]2[C@H]3/C=C\CCCC(=O)[C@H]3[C@H]12. The second-order valence-electron chi connectivity index (χ2n) is 5.78. The molecule has 0 heterocycles. The van der Waals surface area contributed by atoms with Crippen molar-refractivity contribution in [3.05, 3.63) is 24.3 Å². The predicted octanol–water partition coefficient (Wildman–Crippen LogP) is 3.08. The lowest BCUT2D eigenvalue weighted by molar-refractivity contribution is -0.145. The number of hydrogen-bond donors (Lipinski definition) is 0. The first-order chi connectivity index (χ1) is 8.79. The van der Waals surface area contributed by atoms with Crippen LogP contribution in [0.2, 0.25) is 0 Å². The second-order valence-corrected chi connectivity index (χ2v) is 5.78. The van der Waals surface area contributed by atoms with Gasteiger partial charge in [-0.05, 0) is 37.5 Å². The van der Waals surface area contributed by atoms with Crippen molar-refractivity contribution >= 4 is 11.6 Å². The highest BCUT2D eigenvalue weighted by Crippen LogP contribution is 2.51. The molecule has 4 atom stereocenters. The lowest BCUT2D eigenvalue weighted by Crippen LogP contribution is -2.53. The van der Waals surface area contributed by atoms with Gasteiger partial charge >= 0.3 is 0 Å². The van der Waals surface area contributed by atoms with E-state index in [-0.39, 0.29) is 11.8 Å². The van der Waals surface area contributed by atoms with E-state index >= 15 is 0 Å². The zero-order chi connectivity index (χ0) is 12.5. The van der Waals surface area contributed by atoms with Crippen LogP contribution in [0.3, 0.4) is 0 Å². The minimum atomic E-state index is -0.0122. The maximum Gasteiger partial charge on any atom is 0.137 e. The van der Waals surface area contributed by atoms with Crippen molar-refractivity contribution in [1.82, 2.24) is 0 Å². The summed E-state index contributed by atoms with van der Waals surface area (Å²) in [5, 5.41) is 0. The Hall–Kier alpha value is -1.18. The van der Waals surface area contributed by atoms with Gasteiger partial charge in [0.1, 0.15) is 11.6 Å². The third kappa shape index (κ3) is 1.88. The first kappa shape index (κ1) is 11.9. The minimum Gasteiger partial charge on any atom is -0.299 e. The summed E-state index contributed by atoms with van der Waals surface area (Å²) in [4.78, 5) is 24.4. The van der Waals surface area contributed by atoms with Gasteiger partial charge in [-0.25, -0.2) is 0 Å². The highest BCUT2D eigenvalue weighted by molar-refractivity contribution is 5.93. The van der Waals surface area contributed by atoms with E-state index in [0.29, 0.717) is 36.2 Å². The van der Waals surface area contributed by atoms with Gasteiger partial charge < -0.3 is 0 Å². The highest BCUT2D eigenvalue weighted by Gasteiger charge is 2.53. The van der Waals surface area contributed by atoms with Crippen LogP contribution in [0.4, 0.5) is 0 Å². The Balaban J connectivity index is 1.91. The quantitative estimate of drug-likeness (QED) is 0.614. The maximum absolute atomic E-state index is 12.2. The van der Waals surface area contributed by atoms with E-state index in [2.05, 4.69) is 24.3 Å². The average molecular weight is 244 g/mol. The van der Waals surface area contributed by atoms with E-state index < -0.39 is 0 Å². The van der Waals surface area contributed by atoms with E-state index in [1.54, 1.807) is 0 Å². The molecule has 0 bridgehead atoms. The van der Waals surface area contributed by atoms with E-state index in [1.807, 2.05) is 0 Å². The Morgan fingerprint density at radius 1 is 0.778 bits per heavy atom. The lowest BCUT2D eigenvalue weighted by atomic mass is 9.52.